The van der Waals surface area contributed by atoms with Crippen molar-refractivity contribution in [1.82, 2.24) is 14.8 Å². The molecule has 1 N–H and O–H groups in total. The van der Waals surface area contributed by atoms with Crippen LogP contribution in [0.2, 0.25) is 0 Å². The number of benzene rings is 1. The summed E-state index contributed by atoms with van der Waals surface area (Å²) < 4.78 is 8.56. The van der Waals surface area contributed by atoms with Crippen LogP contribution in [0.25, 0.3) is 0 Å². The SMILES string of the molecule is CC1=C(C(=O)OC2CCCCC2)[C@H](c2cccc(Br)c2)n2ncnc2N1. The van der Waals surface area contributed by atoms with E-state index in [1.807, 2.05) is 31.2 Å². The highest BCUT2D eigenvalue weighted by molar-refractivity contribution is 9.10. The van der Waals surface area contributed by atoms with Gasteiger partial charge in [0.25, 0.3) is 0 Å². The lowest BCUT2D eigenvalue weighted by molar-refractivity contribution is -0.146. The van der Waals surface area contributed by atoms with Crippen molar-refractivity contribution in [2.45, 2.75) is 51.2 Å². The van der Waals surface area contributed by atoms with E-state index in [1.165, 1.54) is 12.7 Å². The third-order valence-electron chi connectivity index (χ3n) is 5.00. The molecule has 26 heavy (non-hydrogen) atoms. The average Bonchev–Trinajstić information content (AvgIpc) is 3.09. The summed E-state index contributed by atoms with van der Waals surface area (Å²) in [6.07, 6.45) is 6.86. The molecular weight excluding hydrogens is 396 g/mol. The Labute approximate surface area is 160 Å². The van der Waals surface area contributed by atoms with Crippen LogP contribution in [0.5, 0.6) is 0 Å². The predicted molar refractivity (Wildman–Crippen MR) is 102 cm³/mol. The monoisotopic (exact) mass is 416 g/mol. The van der Waals surface area contributed by atoms with Crippen molar-refractivity contribution in [3.05, 3.63) is 51.9 Å². The smallest absolute Gasteiger partial charge is 0.338 e. The molecule has 4 rings (SSSR count). The van der Waals surface area contributed by atoms with Crippen LogP contribution in [0.15, 0.2) is 46.3 Å². The van der Waals surface area contributed by atoms with Crippen LogP contribution in [0.3, 0.4) is 0 Å². The molecule has 1 aromatic carbocycles. The number of anilines is 1. The van der Waals surface area contributed by atoms with E-state index >= 15 is 0 Å². The van der Waals surface area contributed by atoms with Crippen LogP contribution in [0.4, 0.5) is 5.95 Å². The molecule has 1 aliphatic heterocycles. The van der Waals surface area contributed by atoms with Gasteiger partial charge in [-0.3, -0.25) is 0 Å². The molecule has 6 nitrogen and oxygen atoms in total. The molecule has 0 bridgehead atoms. The molecule has 1 saturated carbocycles. The number of fused-ring (bicyclic) bond motifs is 1. The first kappa shape index (κ1) is 17.3. The van der Waals surface area contributed by atoms with Gasteiger partial charge < -0.3 is 10.1 Å². The molecule has 1 fully saturated rings. The Balaban J connectivity index is 1.71. The second-order valence-corrected chi connectivity index (χ2v) is 7.73. The van der Waals surface area contributed by atoms with Crippen LogP contribution in [0.1, 0.15) is 50.6 Å². The van der Waals surface area contributed by atoms with Gasteiger partial charge in [-0.05, 0) is 50.3 Å². The van der Waals surface area contributed by atoms with E-state index in [1.54, 1.807) is 4.68 Å². The summed E-state index contributed by atoms with van der Waals surface area (Å²) in [4.78, 5) is 17.3. The van der Waals surface area contributed by atoms with Crippen molar-refractivity contribution in [2.24, 2.45) is 0 Å². The minimum atomic E-state index is -0.359. The summed E-state index contributed by atoms with van der Waals surface area (Å²) in [5.74, 6) is 0.356. The Morgan fingerprint density at radius 2 is 2.12 bits per heavy atom. The highest BCUT2D eigenvalue weighted by Gasteiger charge is 2.35. The highest BCUT2D eigenvalue weighted by atomic mass is 79.9. The van der Waals surface area contributed by atoms with E-state index in [4.69, 9.17) is 4.74 Å². The standard InChI is InChI=1S/C19H21BrN4O2/c1-12-16(18(25)26-15-8-3-2-4-9-15)17(13-6-5-7-14(20)10-13)24-19(23-12)21-11-22-24/h5-7,10-11,15,17H,2-4,8-9H2,1H3,(H,21,22,23)/t17-/m0/s1. The van der Waals surface area contributed by atoms with E-state index in [9.17, 15) is 4.79 Å². The quantitative estimate of drug-likeness (QED) is 0.758. The van der Waals surface area contributed by atoms with E-state index in [0.29, 0.717) is 11.5 Å². The molecule has 136 valence electrons. The van der Waals surface area contributed by atoms with Gasteiger partial charge in [-0.25, -0.2) is 9.48 Å². The first-order valence-corrected chi connectivity index (χ1v) is 9.76. The molecule has 1 aromatic heterocycles. The Morgan fingerprint density at radius 3 is 2.88 bits per heavy atom. The molecule has 7 heteroatoms. The maximum Gasteiger partial charge on any atom is 0.338 e. The molecule has 1 aliphatic carbocycles. The molecule has 0 spiro atoms. The number of ether oxygens (including phenoxy) is 1. The Hall–Kier alpha value is -2.15. The van der Waals surface area contributed by atoms with Crippen molar-refractivity contribution in [3.63, 3.8) is 0 Å². The number of esters is 1. The van der Waals surface area contributed by atoms with Crippen molar-refractivity contribution in [3.8, 4) is 0 Å². The Bertz CT molecular complexity index is 855. The summed E-state index contributed by atoms with van der Waals surface area (Å²) in [5.41, 5.74) is 2.31. The average molecular weight is 417 g/mol. The predicted octanol–water partition coefficient (Wildman–Crippen LogP) is 4.21. The van der Waals surface area contributed by atoms with E-state index in [0.717, 1.165) is 41.4 Å². The van der Waals surface area contributed by atoms with Crippen molar-refractivity contribution >= 4 is 27.8 Å². The maximum absolute atomic E-state index is 13.1. The summed E-state index contributed by atoms with van der Waals surface area (Å²) >= 11 is 3.52. The molecule has 2 aromatic rings. The number of aromatic nitrogens is 3. The van der Waals surface area contributed by atoms with Gasteiger partial charge in [0.15, 0.2) is 0 Å². The van der Waals surface area contributed by atoms with Gasteiger partial charge in [0, 0.05) is 10.2 Å². The van der Waals surface area contributed by atoms with Gasteiger partial charge in [-0.15, -0.1) is 0 Å². The molecular formula is C19H21BrN4O2. The number of hydrogen-bond donors (Lipinski definition) is 1. The van der Waals surface area contributed by atoms with Crippen molar-refractivity contribution < 1.29 is 9.53 Å². The van der Waals surface area contributed by atoms with Crippen LogP contribution in [-0.4, -0.2) is 26.8 Å². The van der Waals surface area contributed by atoms with Gasteiger partial charge in [0.05, 0.1) is 5.57 Å². The van der Waals surface area contributed by atoms with Crippen molar-refractivity contribution in [1.29, 1.82) is 0 Å². The van der Waals surface area contributed by atoms with Crippen LogP contribution in [0, 0.1) is 0 Å². The van der Waals surface area contributed by atoms with Gasteiger partial charge in [0.1, 0.15) is 18.5 Å². The molecule has 2 heterocycles. The largest absolute Gasteiger partial charge is 0.459 e. The number of allylic oxidation sites excluding steroid dienone is 1. The van der Waals surface area contributed by atoms with Crippen LogP contribution < -0.4 is 5.32 Å². The highest BCUT2D eigenvalue weighted by Crippen LogP contribution is 2.36. The Kier molecular flexibility index (Phi) is 4.80. The number of carbonyl (C=O) groups excluding carboxylic acids is 1. The van der Waals surface area contributed by atoms with Crippen LogP contribution >= 0.6 is 15.9 Å². The van der Waals surface area contributed by atoms with E-state index in [-0.39, 0.29) is 18.1 Å². The zero-order valence-electron chi connectivity index (χ0n) is 14.6. The topological polar surface area (TPSA) is 69.0 Å². The van der Waals surface area contributed by atoms with E-state index in [2.05, 4.69) is 31.3 Å². The van der Waals surface area contributed by atoms with Gasteiger partial charge in [-0.2, -0.15) is 10.1 Å². The molecule has 1 atom stereocenters. The zero-order chi connectivity index (χ0) is 18.1. The lowest BCUT2D eigenvalue weighted by Gasteiger charge is -2.30. The van der Waals surface area contributed by atoms with E-state index < -0.39 is 0 Å². The molecule has 0 unspecified atom stereocenters. The number of nitrogens with zero attached hydrogens (tertiary/aromatic N) is 3. The fourth-order valence-electron chi connectivity index (χ4n) is 3.74. The third-order valence-corrected chi connectivity index (χ3v) is 5.50. The van der Waals surface area contributed by atoms with Crippen LogP contribution in [-0.2, 0) is 9.53 Å². The van der Waals surface area contributed by atoms with Gasteiger partial charge >= 0.3 is 5.97 Å². The molecule has 0 radical (unpaired) electrons. The number of nitrogens with one attached hydrogen (secondary N) is 1. The minimum absolute atomic E-state index is 0.0110. The summed E-state index contributed by atoms with van der Waals surface area (Å²) in [7, 11) is 0. The Morgan fingerprint density at radius 1 is 1.31 bits per heavy atom. The van der Waals surface area contributed by atoms with Crippen molar-refractivity contribution in [2.75, 3.05) is 5.32 Å². The summed E-state index contributed by atoms with van der Waals surface area (Å²) in [6, 6.07) is 7.55. The first-order valence-electron chi connectivity index (χ1n) is 8.97. The second kappa shape index (κ2) is 7.23. The number of carbonyl (C=O) groups is 1. The normalized spacial score (nSPS) is 20.5. The summed E-state index contributed by atoms with van der Waals surface area (Å²) in [5, 5.41) is 7.52. The third kappa shape index (κ3) is 3.28. The molecule has 0 saturated heterocycles. The molecule has 2 aliphatic rings. The second-order valence-electron chi connectivity index (χ2n) is 6.81. The number of hydrogen-bond acceptors (Lipinski definition) is 5. The van der Waals surface area contributed by atoms with Gasteiger partial charge in [-0.1, -0.05) is 34.5 Å². The fraction of sp³-hybridized carbons (Fsp3) is 0.421. The lowest BCUT2D eigenvalue weighted by Crippen LogP contribution is -2.32. The van der Waals surface area contributed by atoms with Gasteiger partial charge in [0.2, 0.25) is 5.95 Å². The minimum Gasteiger partial charge on any atom is -0.459 e. The summed E-state index contributed by atoms with van der Waals surface area (Å²) in [6.45, 7) is 1.89. The number of halogens is 1. The maximum atomic E-state index is 13.1. The lowest BCUT2D eigenvalue weighted by atomic mass is 9.95. The fourth-order valence-corrected chi connectivity index (χ4v) is 4.15. The number of rotatable bonds is 3. The molecule has 0 amide bonds. The zero-order valence-corrected chi connectivity index (χ0v) is 16.2. The first-order chi connectivity index (χ1) is 12.6.